The number of para-hydroxylation sites is 2. The van der Waals surface area contributed by atoms with Crippen LogP contribution in [0.1, 0.15) is 33.4 Å². The van der Waals surface area contributed by atoms with Gasteiger partial charge in [-0.05, 0) is 0 Å². The van der Waals surface area contributed by atoms with Crippen molar-refractivity contribution in [3.63, 3.8) is 0 Å². The quantitative estimate of drug-likeness (QED) is 0.173. The van der Waals surface area contributed by atoms with Crippen LogP contribution in [0.2, 0.25) is 0 Å². The SMILES string of the molecule is Cc1ccccc1[NH][Hf+]([c]1cccc2c1Cc1ccccc1-2)[SiH](c1ccccc1)c1ccccc1.Cc1ccccc1[NH][Hf+]([c]1cccc2c1Cc1ccccc1-2)[SiH](c1ccccc1)c1ccccc1.[Cl-].[Cl-]. The molecule has 12 rings (SSSR count). The molecule has 0 atom stereocenters. The van der Waals surface area contributed by atoms with E-state index in [1.54, 1.807) is 38.5 Å². The van der Waals surface area contributed by atoms with Gasteiger partial charge in [0.25, 0.3) is 0 Å². The van der Waals surface area contributed by atoms with Crippen molar-refractivity contribution in [1.82, 2.24) is 0 Å². The van der Waals surface area contributed by atoms with Crippen molar-refractivity contribution in [3.05, 3.63) is 288 Å². The number of nitrogens with one attached hydrogen (secondary N) is 2. The second-order valence-electron chi connectivity index (χ2n) is 18.5. The molecular formula is C64H56Cl2Hf2N2Si2. The molecule has 2 aliphatic rings. The van der Waals surface area contributed by atoms with E-state index in [1.807, 2.05) is 0 Å². The van der Waals surface area contributed by atoms with Crippen molar-refractivity contribution in [2.24, 2.45) is 0 Å². The van der Waals surface area contributed by atoms with Crippen molar-refractivity contribution in [2.45, 2.75) is 26.7 Å². The van der Waals surface area contributed by atoms with Gasteiger partial charge >= 0.3 is 436 Å². The average Bonchev–Trinajstić information content (AvgIpc) is 4.00. The van der Waals surface area contributed by atoms with Crippen molar-refractivity contribution < 1.29 is 66.6 Å². The molecular weight excluding hydrogens is 1280 g/mol. The van der Waals surface area contributed by atoms with Gasteiger partial charge in [0.05, 0.1) is 0 Å². The van der Waals surface area contributed by atoms with Gasteiger partial charge in [0.15, 0.2) is 0 Å². The number of fused-ring (bicyclic) bond motifs is 6. The Kier molecular flexibility index (Phi) is 17.2. The topological polar surface area (TPSA) is 24.1 Å². The zero-order chi connectivity index (χ0) is 47.2. The van der Waals surface area contributed by atoms with Gasteiger partial charge in [-0.3, -0.25) is 0 Å². The first-order chi connectivity index (χ1) is 34.6. The summed E-state index contributed by atoms with van der Waals surface area (Å²) in [6.45, 7) is 4.47. The summed E-state index contributed by atoms with van der Waals surface area (Å²) in [5, 5.41) is 6.20. The molecule has 2 nitrogen and oxygen atoms in total. The van der Waals surface area contributed by atoms with Gasteiger partial charge in [0.1, 0.15) is 0 Å². The molecule has 0 amide bonds. The molecule has 0 radical (unpaired) electrons. The number of rotatable bonds is 12. The van der Waals surface area contributed by atoms with Gasteiger partial charge in [-0.1, -0.05) is 0 Å². The van der Waals surface area contributed by atoms with Crippen LogP contribution in [0.4, 0.5) is 11.4 Å². The van der Waals surface area contributed by atoms with E-state index in [9.17, 15) is 0 Å². The van der Waals surface area contributed by atoms with Gasteiger partial charge < -0.3 is 24.8 Å². The van der Waals surface area contributed by atoms with Crippen LogP contribution in [0, 0.1) is 13.8 Å². The molecule has 352 valence electrons. The summed E-state index contributed by atoms with van der Waals surface area (Å²) >= 11 is -5.45. The monoisotopic (exact) mass is 1340 g/mol. The van der Waals surface area contributed by atoms with Crippen molar-refractivity contribution >= 4 is 50.7 Å². The molecule has 2 aliphatic carbocycles. The molecule has 0 aliphatic heterocycles. The third kappa shape index (κ3) is 10.9. The number of halogens is 2. The summed E-state index contributed by atoms with van der Waals surface area (Å²) in [6, 6.07) is 95.2. The Morgan fingerprint density at radius 1 is 0.306 bits per heavy atom. The van der Waals surface area contributed by atoms with Crippen LogP contribution in [0.25, 0.3) is 22.3 Å². The third-order valence-electron chi connectivity index (χ3n) is 14.2. The molecule has 10 aromatic rings. The first kappa shape index (κ1) is 51.5. The van der Waals surface area contributed by atoms with E-state index in [4.69, 9.17) is 0 Å². The number of hydrogen-bond acceptors (Lipinski definition) is 2. The molecule has 0 saturated heterocycles. The van der Waals surface area contributed by atoms with E-state index in [0.29, 0.717) is 0 Å². The minimum atomic E-state index is -2.72. The summed E-state index contributed by atoms with van der Waals surface area (Å²) in [5.41, 5.74) is 17.1. The smallest absolute Gasteiger partial charge is 1.00 e. The Labute approximate surface area is 456 Å². The van der Waals surface area contributed by atoms with E-state index >= 15 is 0 Å². The molecule has 0 fully saturated rings. The van der Waals surface area contributed by atoms with Gasteiger partial charge in [-0.25, -0.2) is 0 Å². The number of anilines is 2. The predicted molar refractivity (Wildman–Crippen MR) is 297 cm³/mol. The molecule has 0 aromatic heterocycles. The Morgan fingerprint density at radius 3 is 0.944 bits per heavy atom. The molecule has 0 heterocycles. The fourth-order valence-electron chi connectivity index (χ4n) is 10.8. The molecule has 0 bridgehead atoms. The largest absolute Gasteiger partial charge is 1.00 e. The maximum Gasteiger partial charge on any atom is -1.00 e. The van der Waals surface area contributed by atoms with Crippen LogP contribution < -0.4 is 58.8 Å². The van der Waals surface area contributed by atoms with Crippen LogP contribution in [0.5, 0.6) is 0 Å². The Balaban J connectivity index is 0.000000173. The van der Waals surface area contributed by atoms with Crippen LogP contribution in [-0.2, 0) is 54.6 Å². The summed E-state index contributed by atoms with van der Waals surface area (Å²) in [7, 11) is 0. The first-order valence-electron chi connectivity index (χ1n) is 24.6. The first-order valence-corrected chi connectivity index (χ1v) is 47.7. The zero-order valence-electron chi connectivity index (χ0n) is 40.6. The maximum atomic E-state index is 4.29. The molecule has 72 heavy (non-hydrogen) atoms. The molecule has 0 unspecified atom stereocenters. The van der Waals surface area contributed by atoms with E-state index in [1.165, 1.54) is 55.9 Å². The Bertz CT molecular complexity index is 3090. The summed E-state index contributed by atoms with van der Waals surface area (Å²) < 4.78 is 11.9. The molecule has 0 saturated carbocycles. The van der Waals surface area contributed by atoms with Gasteiger partial charge in [0, 0.05) is 0 Å². The maximum absolute atomic E-state index is 4.29. The van der Waals surface area contributed by atoms with Gasteiger partial charge in [-0.2, -0.15) is 0 Å². The van der Waals surface area contributed by atoms with E-state index < -0.39 is 53.8 Å². The van der Waals surface area contributed by atoms with E-state index in [-0.39, 0.29) is 24.8 Å². The van der Waals surface area contributed by atoms with Crippen LogP contribution in [0.15, 0.2) is 255 Å². The van der Waals surface area contributed by atoms with Crippen LogP contribution in [-0.4, -0.2) is 12.0 Å². The second kappa shape index (κ2) is 24.1. The summed E-state index contributed by atoms with van der Waals surface area (Å²) in [6.07, 6.45) is 2.10. The minimum absolute atomic E-state index is 0. The Hall–Kier alpha value is -5.45. The van der Waals surface area contributed by atoms with Crippen LogP contribution in [0.3, 0.4) is 0 Å². The predicted octanol–water partition coefficient (Wildman–Crippen LogP) is 4.76. The standard InChI is InChI=1S/2C13H9.2C12H11Si.2C7H8N.2ClH.2Hf/c2*1-3-7-12-10(5-1)9-11-6-2-4-8-13(11)12;2*1-3-7-11(8-4-1)13-12-9-5-2-6-10-12;2*1-6-4-2-3-5-7(6)8;;;;/h2*1-5,7-8H,9H2;2*1-10,13H;2*2-5,8H,1H3;2*1H;;/q;;;;2*-1;;;2*+2/p-2. The molecule has 10 aromatic carbocycles. The Morgan fingerprint density at radius 2 is 0.597 bits per heavy atom. The van der Waals surface area contributed by atoms with Crippen LogP contribution >= 0.6 is 0 Å². The number of hydrogen-bond donors (Lipinski definition) is 2. The normalized spacial score (nSPS) is 11.4. The van der Waals surface area contributed by atoms with Crippen molar-refractivity contribution in [3.8, 4) is 22.3 Å². The summed E-state index contributed by atoms with van der Waals surface area (Å²) in [4.78, 5) is 0. The molecule has 0 spiro atoms. The number of benzene rings is 10. The minimum Gasteiger partial charge on any atom is -1.00 e. The van der Waals surface area contributed by atoms with Gasteiger partial charge in [0.2, 0.25) is 0 Å². The number of aryl methyl sites for hydroxylation is 2. The second-order valence-corrected chi connectivity index (χ2v) is 56.5. The van der Waals surface area contributed by atoms with Crippen molar-refractivity contribution in [1.29, 1.82) is 0 Å². The molecule has 8 heteroatoms. The fraction of sp³-hybridized carbons (Fsp3) is 0.0625. The van der Waals surface area contributed by atoms with E-state index in [0.717, 1.165) is 12.8 Å². The van der Waals surface area contributed by atoms with Gasteiger partial charge in [-0.15, -0.1) is 0 Å². The summed E-state index contributed by atoms with van der Waals surface area (Å²) in [5.74, 6) is -3.03. The zero-order valence-corrected chi connectivity index (χ0v) is 51.6. The average molecular weight is 1340 g/mol. The fourth-order valence-corrected chi connectivity index (χ4v) is 66.6. The molecule has 2 N–H and O–H groups in total. The van der Waals surface area contributed by atoms with E-state index in [2.05, 4.69) is 275 Å². The third-order valence-corrected chi connectivity index (χ3v) is 65.3. The van der Waals surface area contributed by atoms with Crippen molar-refractivity contribution in [2.75, 3.05) is 6.61 Å².